The van der Waals surface area contributed by atoms with E-state index >= 15 is 0 Å². The highest BCUT2D eigenvalue weighted by molar-refractivity contribution is 6.58. The van der Waals surface area contributed by atoms with Crippen molar-refractivity contribution in [1.82, 2.24) is 9.78 Å². The second-order valence-electron chi connectivity index (χ2n) is 4.80. The summed E-state index contributed by atoms with van der Waals surface area (Å²) in [7, 11) is -1.50. The van der Waals surface area contributed by atoms with Gasteiger partial charge in [-0.2, -0.15) is 5.10 Å². The molecule has 2 N–H and O–H groups in total. The zero-order valence-electron chi connectivity index (χ0n) is 11.2. The number of hydrogen-bond donors (Lipinski definition) is 2. The number of fused-ring (bicyclic) bond motifs is 1. The van der Waals surface area contributed by atoms with E-state index in [1.807, 2.05) is 24.3 Å². The van der Waals surface area contributed by atoms with Crippen molar-refractivity contribution in [3.05, 3.63) is 70.5 Å². The van der Waals surface area contributed by atoms with Crippen LogP contribution in [-0.4, -0.2) is 26.9 Å². The van der Waals surface area contributed by atoms with Crippen LogP contribution in [0.1, 0.15) is 5.56 Å². The number of benzene rings is 2. The lowest BCUT2D eigenvalue weighted by atomic mass is 9.79. The lowest BCUT2D eigenvalue weighted by molar-refractivity contribution is 0.425. The fraction of sp³-hybridized carbons (Fsp3) is 0.0667. The summed E-state index contributed by atoms with van der Waals surface area (Å²) in [5.74, 6) is 0. The molecule has 1 aromatic heterocycles. The molecular formula is C15H13BN2O3. The average Bonchev–Trinajstić information content (AvgIpc) is 2.51. The molecule has 0 aliphatic rings. The van der Waals surface area contributed by atoms with Crippen molar-refractivity contribution in [3.8, 4) is 0 Å². The zero-order chi connectivity index (χ0) is 14.8. The molecule has 21 heavy (non-hydrogen) atoms. The van der Waals surface area contributed by atoms with Crippen molar-refractivity contribution in [2.75, 3.05) is 0 Å². The zero-order valence-corrected chi connectivity index (χ0v) is 11.2. The molecule has 0 aliphatic carbocycles. The number of aromatic nitrogens is 2. The molecule has 0 unspecified atom stereocenters. The van der Waals surface area contributed by atoms with Crippen LogP contribution in [0.15, 0.2) is 59.5 Å². The largest absolute Gasteiger partial charge is 0.488 e. The number of hydrogen-bond acceptors (Lipinski definition) is 4. The number of nitrogens with zero attached hydrogens (tertiary/aromatic N) is 2. The fourth-order valence-electron chi connectivity index (χ4n) is 2.31. The predicted molar refractivity (Wildman–Crippen MR) is 81.4 cm³/mol. The lowest BCUT2D eigenvalue weighted by Crippen LogP contribution is -2.30. The minimum absolute atomic E-state index is 0.110. The Morgan fingerprint density at radius 2 is 1.90 bits per heavy atom. The van der Waals surface area contributed by atoms with E-state index in [1.165, 1.54) is 6.20 Å². The van der Waals surface area contributed by atoms with Gasteiger partial charge in [0.2, 0.25) is 5.43 Å². The monoisotopic (exact) mass is 280 g/mol. The summed E-state index contributed by atoms with van der Waals surface area (Å²) in [6.07, 6.45) is 1.30. The lowest BCUT2D eigenvalue weighted by Gasteiger charge is -2.10. The van der Waals surface area contributed by atoms with Gasteiger partial charge in [0.25, 0.3) is 0 Å². The first-order valence-corrected chi connectivity index (χ1v) is 6.55. The van der Waals surface area contributed by atoms with Gasteiger partial charge in [-0.1, -0.05) is 36.4 Å². The van der Waals surface area contributed by atoms with Crippen molar-refractivity contribution in [1.29, 1.82) is 0 Å². The molecule has 0 bridgehead atoms. The maximum Gasteiger partial charge on any atom is 0.488 e. The van der Waals surface area contributed by atoms with E-state index in [0.717, 1.165) is 11.1 Å². The molecule has 6 heteroatoms. The topological polar surface area (TPSA) is 75.4 Å². The Balaban J connectivity index is 2.05. The molecule has 0 spiro atoms. The first-order chi connectivity index (χ1) is 10.1. The summed E-state index contributed by atoms with van der Waals surface area (Å²) in [5, 5.41) is 23.2. The summed E-state index contributed by atoms with van der Waals surface area (Å²) in [6.45, 7) is 0.446. The number of para-hydroxylation sites is 1. The summed E-state index contributed by atoms with van der Waals surface area (Å²) >= 11 is 0. The summed E-state index contributed by atoms with van der Waals surface area (Å²) in [6, 6.07) is 14.3. The van der Waals surface area contributed by atoms with Crippen LogP contribution < -0.4 is 10.9 Å². The molecule has 0 radical (unpaired) electrons. The summed E-state index contributed by atoms with van der Waals surface area (Å²) < 4.78 is 1.72. The van der Waals surface area contributed by atoms with Gasteiger partial charge in [-0.3, -0.25) is 9.48 Å². The molecule has 3 rings (SSSR count). The fourth-order valence-corrected chi connectivity index (χ4v) is 2.31. The van der Waals surface area contributed by atoms with E-state index in [-0.39, 0.29) is 5.43 Å². The van der Waals surface area contributed by atoms with E-state index in [1.54, 1.807) is 28.9 Å². The van der Waals surface area contributed by atoms with Crippen molar-refractivity contribution >= 4 is 23.5 Å². The molecule has 0 saturated heterocycles. The third-order valence-electron chi connectivity index (χ3n) is 3.34. The second-order valence-corrected chi connectivity index (χ2v) is 4.80. The van der Waals surface area contributed by atoms with Gasteiger partial charge in [0, 0.05) is 5.39 Å². The minimum atomic E-state index is -1.50. The Morgan fingerprint density at radius 1 is 1.10 bits per heavy atom. The van der Waals surface area contributed by atoms with Crippen LogP contribution in [-0.2, 0) is 6.54 Å². The minimum Gasteiger partial charge on any atom is -0.423 e. The number of rotatable bonds is 3. The normalized spacial score (nSPS) is 10.8. The van der Waals surface area contributed by atoms with Crippen LogP contribution in [0.2, 0.25) is 0 Å². The first-order valence-electron chi connectivity index (χ1n) is 6.55. The van der Waals surface area contributed by atoms with Crippen LogP contribution in [0.5, 0.6) is 0 Å². The maximum atomic E-state index is 11.8. The smallest absolute Gasteiger partial charge is 0.423 e. The van der Waals surface area contributed by atoms with Gasteiger partial charge in [0.15, 0.2) is 0 Å². The van der Waals surface area contributed by atoms with Gasteiger partial charge < -0.3 is 10.0 Å². The van der Waals surface area contributed by atoms with E-state index in [2.05, 4.69) is 5.10 Å². The van der Waals surface area contributed by atoms with E-state index in [9.17, 15) is 14.8 Å². The molecule has 0 aliphatic heterocycles. The van der Waals surface area contributed by atoms with Crippen LogP contribution in [0.4, 0.5) is 0 Å². The Bertz CT molecular complexity index is 845. The van der Waals surface area contributed by atoms with Crippen LogP contribution in [0, 0.1) is 0 Å². The van der Waals surface area contributed by atoms with Crippen molar-refractivity contribution in [3.63, 3.8) is 0 Å². The molecule has 5 nitrogen and oxygen atoms in total. The Morgan fingerprint density at radius 3 is 2.71 bits per heavy atom. The maximum absolute atomic E-state index is 11.8. The van der Waals surface area contributed by atoms with Crippen molar-refractivity contribution < 1.29 is 10.0 Å². The summed E-state index contributed by atoms with van der Waals surface area (Å²) in [4.78, 5) is 11.8. The molecule has 0 fully saturated rings. The molecule has 0 atom stereocenters. The van der Waals surface area contributed by atoms with Crippen LogP contribution in [0.3, 0.4) is 0 Å². The third kappa shape index (κ3) is 2.72. The van der Waals surface area contributed by atoms with E-state index in [0.29, 0.717) is 17.4 Å². The molecule has 0 saturated carbocycles. The van der Waals surface area contributed by atoms with Gasteiger partial charge in [-0.15, -0.1) is 0 Å². The molecule has 1 heterocycles. The first kappa shape index (κ1) is 13.5. The molecular weight excluding hydrogens is 267 g/mol. The Labute approximate surface area is 121 Å². The van der Waals surface area contributed by atoms with Crippen LogP contribution in [0.25, 0.3) is 10.9 Å². The van der Waals surface area contributed by atoms with E-state index < -0.39 is 7.12 Å². The van der Waals surface area contributed by atoms with Gasteiger partial charge in [0.05, 0.1) is 18.3 Å². The summed E-state index contributed by atoms with van der Waals surface area (Å²) in [5.41, 5.74) is 1.95. The third-order valence-corrected chi connectivity index (χ3v) is 3.34. The van der Waals surface area contributed by atoms with Gasteiger partial charge >= 0.3 is 7.12 Å². The van der Waals surface area contributed by atoms with Crippen LogP contribution >= 0.6 is 0 Å². The average molecular weight is 280 g/mol. The van der Waals surface area contributed by atoms with Gasteiger partial charge in [-0.25, -0.2) is 0 Å². The molecule has 2 aromatic carbocycles. The SMILES string of the molecule is O=c1cnn(Cc2cccc(B(O)O)c2)c2ccccc12. The van der Waals surface area contributed by atoms with Crippen molar-refractivity contribution in [2.45, 2.75) is 6.54 Å². The highest BCUT2D eigenvalue weighted by Gasteiger charge is 2.11. The highest BCUT2D eigenvalue weighted by atomic mass is 16.4. The quantitative estimate of drug-likeness (QED) is 0.668. The van der Waals surface area contributed by atoms with Gasteiger partial charge in [0.1, 0.15) is 0 Å². The highest BCUT2D eigenvalue weighted by Crippen LogP contribution is 2.10. The van der Waals surface area contributed by atoms with Crippen molar-refractivity contribution in [2.24, 2.45) is 0 Å². The molecule has 3 aromatic rings. The molecule has 0 amide bonds. The second kappa shape index (κ2) is 5.51. The molecule has 104 valence electrons. The standard InChI is InChI=1S/C15H13BN2O3/c19-15-9-17-18(14-7-2-1-6-13(14)15)10-11-4-3-5-12(8-11)16(20)21/h1-9,20-21H,10H2. The van der Waals surface area contributed by atoms with Gasteiger partial charge in [-0.05, 0) is 23.2 Å². The van der Waals surface area contributed by atoms with E-state index in [4.69, 9.17) is 0 Å². The Kier molecular flexibility index (Phi) is 3.56. The predicted octanol–water partition coefficient (Wildman–Crippen LogP) is 0.125. The Hall–Kier alpha value is -2.44.